The first-order chi connectivity index (χ1) is 14.6. The molecule has 2 aliphatic heterocycles. The highest BCUT2D eigenvalue weighted by Gasteiger charge is 2.34. The van der Waals surface area contributed by atoms with E-state index in [2.05, 4.69) is 42.0 Å². The number of rotatable bonds is 9. The Balaban J connectivity index is 1.29. The molecule has 0 N–H and O–H groups in total. The molecule has 0 atom stereocenters. The van der Waals surface area contributed by atoms with Crippen molar-refractivity contribution >= 4 is 29.3 Å². The molecule has 0 aliphatic carbocycles. The number of thioether (sulfide) groups is 1. The summed E-state index contributed by atoms with van der Waals surface area (Å²) in [7, 11) is 2.13. The second kappa shape index (κ2) is 9.23. The smallest absolute Gasteiger partial charge is 0.261 e. The number of nitrogens with zero attached hydrogens (tertiary/aromatic N) is 3. The molecule has 5 nitrogen and oxygen atoms in total. The van der Waals surface area contributed by atoms with Crippen LogP contribution in [-0.2, 0) is 6.42 Å². The molecule has 0 fully saturated rings. The quantitative estimate of drug-likeness (QED) is 0.568. The summed E-state index contributed by atoms with van der Waals surface area (Å²) in [5.74, 6) is 0.718. The first-order valence-electron chi connectivity index (χ1n) is 10.7. The summed E-state index contributed by atoms with van der Waals surface area (Å²) in [5.41, 5.74) is 3.77. The van der Waals surface area contributed by atoms with Gasteiger partial charge < -0.3 is 9.80 Å². The second-order valence-corrected chi connectivity index (χ2v) is 9.01. The zero-order valence-corrected chi connectivity index (χ0v) is 18.6. The summed E-state index contributed by atoms with van der Waals surface area (Å²) >= 11 is 1.90. The first kappa shape index (κ1) is 20.9. The SMILES string of the molecule is CCCN(CCCN1C(=O)c2ccccc2C1=O)CCc1ccc2c(c1)SCN2C. The normalized spacial score (nSPS) is 15.3. The van der Waals surface area contributed by atoms with Crippen molar-refractivity contribution in [2.24, 2.45) is 0 Å². The first-order valence-corrected chi connectivity index (χ1v) is 11.7. The molecule has 30 heavy (non-hydrogen) atoms. The van der Waals surface area contributed by atoms with Crippen LogP contribution in [0.1, 0.15) is 46.0 Å². The van der Waals surface area contributed by atoms with Gasteiger partial charge in [0.15, 0.2) is 0 Å². The van der Waals surface area contributed by atoms with E-state index in [1.807, 2.05) is 23.9 Å². The molecule has 2 aromatic rings. The Labute approximate surface area is 183 Å². The molecule has 4 rings (SSSR count). The van der Waals surface area contributed by atoms with Crippen molar-refractivity contribution in [1.82, 2.24) is 9.80 Å². The molecule has 158 valence electrons. The topological polar surface area (TPSA) is 43.9 Å². The molecular formula is C24H29N3O2S. The number of hydrogen-bond acceptors (Lipinski definition) is 5. The van der Waals surface area contributed by atoms with Gasteiger partial charge in [-0.3, -0.25) is 14.5 Å². The van der Waals surface area contributed by atoms with Crippen LogP contribution in [0, 0.1) is 0 Å². The molecular weight excluding hydrogens is 394 g/mol. The molecule has 0 spiro atoms. The van der Waals surface area contributed by atoms with Crippen LogP contribution in [-0.4, -0.2) is 60.7 Å². The van der Waals surface area contributed by atoms with Crippen molar-refractivity contribution in [2.45, 2.75) is 31.1 Å². The highest BCUT2D eigenvalue weighted by atomic mass is 32.2. The number of carbonyl (C=O) groups excluding carboxylic acids is 2. The van der Waals surface area contributed by atoms with Crippen molar-refractivity contribution in [3.8, 4) is 0 Å². The lowest BCUT2D eigenvalue weighted by atomic mass is 10.1. The fourth-order valence-corrected chi connectivity index (χ4v) is 5.29. The van der Waals surface area contributed by atoms with Crippen LogP contribution in [0.5, 0.6) is 0 Å². The number of carbonyl (C=O) groups is 2. The van der Waals surface area contributed by atoms with Gasteiger partial charge in [0.05, 0.1) is 22.7 Å². The number of anilines is 1. The van der Waals surface area contributed by atoms with Crippen molar-refractivity contribution in [2.75, 3.05) is 44.0 Å². The number of hydrogen-bond donors (Lipinski definition) is 0. The molecule has 0 saturated heterocycles. The largest absolute Gasteiger partial charge is 0.364 e. The van der Waals surface area contributed by atoms with Crippen molar-refractivity contribution in [1.29, 1.82) is 0 Å². The average Bonchev–Trinajstić information content (AvgIpc) is 3.24. The van der Waals surface area contributed by atoms with Crippen molar-refractivity contribution in [3.63, 3.8) is 0 Å². The summed E-state index contributed by atoms with van der Waals surface area (Å²) in [5, 5.41) is 0. The Bertz CT molecular complexity index is 911. The predicted molar refractivity (Wildman–Crippen MR) is 122 cm³/mol. The maximum atomic E-state index is 12.5. The van der Waals surface area contributed by atoms with E-state index < -0.39 is 0 Å². The standard InChI is InChI=1S/C24H29N3O2S/c1-3-12-26(15-11-18-9-10-21-22(16-18)30-17-25(21)2)13-6-14-27-23(28)19-7-4-5-8-20(19)24(27)29/h4-5,7-10,16H,3,6,11-15,17H2,1-2H3. The summed E-state index contributed by atoms with van der Waals surface area (Å²) in [4.78, 5) is 32.6. The number of fused-ring (bicyclic) bond motifs is 2. The highest BCUT2D eigenvalue weighted by molar-refractivity contribution is 7.99. The minimum absolute atomic E-state index is 0.154. The van der Waals surface area contributed by atoms with E-state index in [9.17, 15) is 9.59 Å². The lowest BCUT2D eigenvalue weighted by Gasteiger charge is -2.23. The zero-order chi connectivity index (χ0) is 21.1. The Kier molecular flexibility index (Phi) is 6.44. The fraction of sp³-hybridized carbons (Fsp3) is 0.417. The summed E-state index contributed by atoms with van der Waals surface area (Å²) in [6.07, 6.45) is 2.92. The summed E-state index contributed by atoms with van der Waals surface area (Å²) < 4.78 is 0. The molecule has 0 aromatic heterocycles. The lowest BCUT2D eigenvalue weighted by Crippen LogP contribution is -2.34. The van der Waals surface area contributed by atoms with Crippen molar-refractivity contribution in [3.05, 3.63) is 59.2 Å². The lowest BCUT2D eigenvalue weighted by molar-refractivity contribution is 0.0647. The van der Waals surface area contributed by atoms with Crippen LogP contribution in [0.3, 0.4) is 0 Å². The molecule has 2 heterocycles. The van der Waals surface area contributed by atoms with Crippen LogP contribution >= 0.6 is 11.8 Å². The van der Waals surface area contributed by atoms with Gasteiger partial charge >= 0.3 is 0 Å². The van der Waals surface area contributed by atoms with Gasteiger partial charge in [0, 0.05) is 25.0 Å². The van der Waals surface area contributed by atoms with Crippen molar-refractivity contribution < 1.29 is 9.59 Å². The van der Waals surface area contributed by atoms with Gasteiger partial charge in [-0.25, -0.2) is 0 Å². The fourth-order valence-electron chi connectivity index (χ4n) is 4.21. The number of amides is 2. The molecule has 0 saturated carbocycles. The van der Waals surface area contributed by atoms with Gasteiger partial charge in [0.2, 0.25) is 0 Å². The van der Waals surface area contributed by atoms with Crippen LogP contribution in [0.2, 0.25) is 0 Å². The van der Waals surface area contributed by atoms with E-state index in [1.165, 1.54) is 21.0 Å². The third-order valence-corrected chi connectivity index (χ3v) is 6.99. The third-order valence-electron chi connectivity index (χ3n) is 5.84. The Morgan fingerprint density at radius 2 is 1.73 bits per heavy atom. The van der Waals surface area contributed by atoms with Crippen LogP contribution < -0.4 is 4.90 Å². The molecule has 0 radical (unpaired) electrons. The highest BCUT2D eigenvalue weighted by Crippen LogP contribution is 2.37. The number of benzene rings is 2. The van der Waals surface area contributed by atoms with E-state index in [-0.39, 0.29) is 11.8 Å². The van der Waals surface area contributed by atoms with Crippen LogP contribution in [0.25, 0.3) is 0 Å². The van der Waals surface area contributed by atoms with Gasteiger partial charge in [0.25, 0.3) is 11.8 Å². The van der Waals surface area contributed by atoms with E-state index in [4.69, 9.17) is 0 Å². The summed E-state index contributed by atoms with van der Waals surface area (Å²) in [6, 6.07) is 13.9. The van der Waals surface area contributed by atoms with Crippen LogP contribution in [0.15, 0.2) is 47.4 Å². The maximum Gasteiger partial charge on any atom is 0.261 e. The van der Waals surface area contributed by atoms with Gasteiger partial charge in [-0.2, -0.15) is 0 Å². The molecule has 6 heteroatoms. The monoisotopic (exact) mass is 423 g/mol. The third kappa shape index (κ3) is 4.25. The van der Waals surface area contributed by atoms with E-state index in [1.54, 1.807) is 12.1 Å². The van der Waals surface area contributed by atoms with E-state index >= 15 is 0 Å². The van der Waals surface area contributed by atoms with Gasteiger partial charge in [-0.1, -0.05) is 25.1 Å². The zero-order valence-electron chi connectivity index (χ0n) is 17.8. The Hall–Kier alpha value is -2.31. The number of imide groups is 1. The van der Waals surface area contributed by atoms with Crippen LogP contribution in [0.4, 0.5) is 5.69 Å². The molecule has 2 aromatic carbocycles. The molecule has 2 aliphatic rings. The van der Waals surface area contributed by atoms with E-state index in [0.717, 1.165) is 44.8 Å². The van der Waals surface area contributed by atoms with Gasteiger partial charge in [0.1, 0.15) is 0 Å². The predicted octanol–water partition coefficient (Wildman–Crippen LogP) is 4.13. The second-order valence-electron chi connectivity index (χ2n) is 8.03. The molecule has 0 bridgehead atoms. The average molecular weight is 424 g/mol. The van der Waals surface area contributed by atoms with E-state index in [0.29, 0.717) is 17.7 Å². The minimum atomic E-state index is -0.154. The van der Waals surface area contributed by atoms with Gasteiger partial charge in [-0.05, 0) is 62.2 Å². The summed E-state index contributed by atoms with van der Waals surface area (Å²) in [6.45, 7) is 5.59. The van der Waals surface area contributed by atoms with Gasteiger partial charge in [-0.15, -0.1) is 11.8 Å². The minimum Gasteiger partial charge on any atom is -0.364 e. The maximum absolute atomic E-state index is 12.5. The molecule has 2 amide bonds. The molecule has 0 unspecified atom stereocenters. The Morgan fingerprint density at radius 1 is 1.00 bits per heavy atom. The Morgan fingerprint density at radius 3 is 2.43 bits per heavy atom.